The van der Waals surface area contributed by atoms with Crippen LogP contribution in [0, 0.1) is 11.8 Å². The number of halogens is 3. The van der Waals surface area contributed by atoms with E-state index in [-0.39, 0.29) is 36.1 Å². The predicted molar refractivity (Wildman–Crippen MR) is 123 cm³/mol. The fourth-order valence-electron chi connectivity index (χ4n) is 5.74. The van der Waals surface area contributed by atoms with E-state index >= 15 is 0 Å². The van der Waals surface area contributed by atoms with E-state index in [4.69, 9.17) is 5.73 Å². The molecule has 11 nitrogen and oxygen atoms in total. The van der Waals surface area contributed by atoms with E-state index < -0.39 is 76.6 Å². The summed E-state index contributed by atoms with van der Waals surface area (Å²) >= 11 is 0. The van der Waals surface area contributed by atoms with E-state index in [1.807, 2.05) is 0 Å². The number of ketones is 2. The van der Waals surface area contributed by atoms with E-state index in [1.54, 1.807) is 0 Å². The van der Waals surface area contributed by atoms with E-state index in [0.717, 1.165) is 6.07 Å². The third kappa shape index (κ3) is 4.22. The zero-order valence-electron chi connectivity index (χ0n) is 20.3. The summed E-state index contributed by atoms with van der Waals surface area (Å²) < 4.78 is 37.2. The Labute approximate surface area is 213 Å². The number of likely N-dealkylation sites (N-methyl/N-ethyl adjacent to an activating group) is 1. The summed E-state index contributed by atoms with van der Waals surface area (Å²) in [4.78, 5) is 44.6. The molecule has 0 fully saturated rings. The molecule has 3 aliphatic rings. The number of Topliss-reactive ketones (excluding diaryl/α,β-unsaturated/α-hetero) is 2. The average Bonchev–Trinajstić information content (AvgIpc) is 2.79. The lowest BCUT2D eigenvalue weighted by molar-refractivity contribution is -0.190. The van der Waals surface area contributed by atoms with Crippen molar-refractivity contribution >= 4 is 17.5 Å². The van der Waals surface area contributed by atoms with Crippen molar-refractivity contribution in [1.82, 2.24) is 10.4 Å². The molecule has 1 aromatic carbocycles. The molecular weight excluding hydrogens is 515 g/mol. The summed E-state index contributed by atoms with van der Waals surface area (Å²) in [5.74, 6) is -7.75. The minimum Gasteiger partial charge on any atom is -0.510 e. The maximum Gasteiger partial charge on any atom is 0.413 e. The molecule has 1 amide bonds. The second kappa shape index (κ2) is 9.38. The van der Waals surface area contributed by atoms with Gasteiger partial charge in [-0.1, -0.05) is 6.07 Å². The molecule has 0 unspecified atom stereocenters. The Balaban J connectivity index is 1.79. The third-order valence-electron chi connectivity index (χ3n) is 7.30. The first-order chi connectivity index (χ1) is 17.6. The average molecular weight is 541 g/mol. The Kier molecular flexibility index (Phi) is 6.80. The molecule has 0 aliphatic heterocycles. The topological polar surface area (TPSA) is 183 Å². The number of nitrogens with one attached hydrogen (secondary N) is 1. The van der Waals surface area contributed by atoms with Crippen molar-refractivity contribution in [2.75, 3.05) is 20.7 Å². The van der Waals surface area contributed by atoms with Crippen molar-refractivity contribution in [3.8, 4) is 5.75 Å². The minimum atomic E-state index is -4.57. The standard InChI is InChI=1S/C24H26F3N3O8/c1-30(2)17-12-6-10-5-11-9(7-29-38-8-23(25,26)27)3-4-13(31)15(11)18(32)14(10)20(34)24(12,37)21(35)16(19(17)33)22(28)36/h3-4,10,12,17,29,31,33-34,37H,5-8H2,1-2H3,(H2,28,36)/t10-,12-,17+,24-/m0/s1. The molecule has 0 saturated carbocycles. The van der Waals surface area contributed by atoms with E-state index in [2.05, 4.69) is 10.3 Å². The summed E-state index contributed by atoms with van der Waals surface area (Å²) in [6.45, 7) is -1.80. The van der Waals surface area contributed by atoms with Gasteiger partial charge in [0.2, 0.25) is 5.78 Å². The Bertz CT molecular complexity index is 1290. The van der Waals surface area contributed by atoms with Gasteiger partial charge < -0.3 is 26.2 Å². The highest BCUT2D eigenvalue weighted by Gasteiger charge is 2.63. The summed E-state index contributed by atoms with van der Waals surface area (Å²) in [7, 11) is 3.02. The van der Waals surface area contributed by atoms with Crippen LogP contribution in [0.5, 0.6) is 5.75 Å². The largest absolute Gasteiger partial charge is 0.510 e. The monoisotopic (exact) mass is 541 g/mol. The van der Waals surface area contributed by atoms with Crippen molar-refractivity contribution < 1.29 is 52.8 Å². The first-order valence-corrected chi connectivity index (χ1v) is 11.5. The first kappa shape index (κ1) is 27.6. The highest BCUT2D eigenvalue weighted by atomic mass is 19.4. The molecule has 0 saturated heterocycles. The smallest absolute Gasteiger partial charge is 0.413 e. The fraction of sp³-hybridized carbons (Fsp3) is 0.458. The number of phenolic OH excluding ortho intramolecular Hbond substituents is 1. The lowest BCUT2D eigenvalue weighted by Crippen LogP contribution is -2.63. The number of primary amides is 1. The van der Waals surface area contributed by atoms with Crippen LogP contribution in [0.2, 0.25) is 0 Å². The number of aromatic hydroxyl groups is 1. The van der Waals surface area contributed by atoms with Crippen LogP contribution >= 0.6 is 0 Å². The third-order valence-corrected chi connectivity index (χ3v) is 7.30. The number of hydroxylamine groups is 1. The highest BCUT2D eigenvalue weighted by molar-refractivity contribution is 6.24. The molecule has 0 spiro atoms. The number of phenols is 1. The quantitative estimate of drug-likeness (QED) is 0.170. The van der Waals surface area contributed by atoms with Gasteiger partial charge in [0.1, 0.15) is 22.8 Å². The van der Waals surface area contributed by atoms with Gasteiger partial charge in [-0.3, -0.25) is 24.1 Å². The summed E-state index contributed by atoms with van der Waals surface area (Å²) in [6, 6.07) is 1.41. The number of allylic oxidation sites excluding steroid dienone is 1. The molecule has 4 rings (SSSR count). The Morgan fingerprint density at radius 1 is 1.24 bits per heavy atom. The fourth-order valence-corrected chi connectivity index (χ4v) is 5.74. The van der Waals surface area contributed by atoms with Gasteiger partial charge in [0.05, 0.1) is 11.6 Å². The summed E-state index contributed by atoms with van der Waals surface area (Å²) in [5.41, 5.74) is 3.84. The van der Waals surface area contributed by atoms with Gasteiger partial charge in [0.15, 0.2) is 18.0 Å². The maximum absolute atomic E-state index is 13.6. The lowest BCUT2D eigenvalue weighted by atomic mass is 9.58. The Hall–Kier alpha value is -3.46. The van der Waals surface area contributed by atoms with Gasteiger partial charge >= 0.3 is 6.18 Å². The van der Waals surface area contributed by atoms with E-state index in [9.17, 15) is 48.0 Å². The zero-order valence-corrected chi connectivity index (χ0v) is 20.3. The van der Waals surface area contributed by atoms with Crippen LogP contribution < -0.4 is 11.2 Å². The zero-order chi connectivity index (χ0) is 28.3. The van der Waals surface area contributed by atoms with Gasteiger partial charge in [-0.05, 0) is 50.0 Å². The number of rotatable bonds is 6. The molecule has 0 radical (unpaired) electrons. The first-order valence-electron chi connectivity index (χ1n) is 11.5. The molecule has 0 bridgehead atoms. The van der Waals surface area contributed by atoms with Crippen LogP contribution in [0.25, 0.3) is 0 Å². The number of nitrogens with two attached hydrogens (primary N) is 1. The molecule has 14 heteroatoms. The molecular formula is C24H26F3N3O8. The van der Waals surface area contributed by atoms with E-state index in [0.29, 0.717) is 5.56 Å². The highest BCUT2D eigenvalue weighted by Crippen LogP contribution is 2.52. The van der Waals surface area contributed by atoms with Gasteiger partial charge in [0.25, 0.3) is 5.91 Å². The predicted octanol–water partition coefficient (Wildman–Crippen LogP) is 0.704. The molecule has 1 aromatic rings. The number of nitrogens with zero attached hydrogens (tertiary/aromatic N) is 1. The summed E-state index contributed by atoms with van der Waals surface area (Å²) in [6.07, 6.45) is -4.68. The van der Waals surface area contributed by atoms with Crippen molar-refractivity contribution in [2.24, 2.45) is 17.6 Å². The van der Waals surface area contributed by atoms with Gasteiger partial charge in [-0.25, -0.2) is 0 Å². The second-order valence-corrected chi connectivity index (χ2v) is 9.79. The molecule has 38 heavy (non-hydrogen) atoms. The number of hydrogen-bond donors (Lipinski definition) is 6. The van der Waals surface area contributed by atoms with Crippen molar-refractivity contribution in [1.29, 1.82) is 0 Å². The van der Waals surface area contributed by atoms with Gasteiger partial charge in [-0.15, -0.1) is 0 Å². The minimum absolute atomic E-state index is 0.000771. The number of hydrogen-bond acceptors (Lipinski definition) is 10. The maximum atomic E-state index is 13.6. The van der Waals surface area contributed by atoms with Crippen LogP contribution in [0.1, 0.15) is 27.9 Å². The molecule has 3 aliphatic carbocycles. The number of benzene rings is 1. The SMILES string of the molecule is CN(C)[C@H]1C(O)=C(C(N)=O)C(=O)[C@@]2(O)C(O)=C3C(=O)c4c(O)ccc(CNOCC(F)(F)F)c4C[C@H]3C[C@@H]12. The Morgan fingerprint density at radius 2 is 1.89 bits per heavy atom. The molecule has 206 valence electrons. The number of fused-ring (bicyclic) bond motifs is 3. The molecule has 7 N–H and O–H groups in total. The number of aliphatic hydroxyl groups is 3. The van der Waals surface area contributed by atoms with Crippen LogP contribution in [0.3, 0.4) is 0 Å². The molecule has 4 atom stereocenters. The summed E-state index contributed by atoms with van der Waals surface area (Å²) in [5, 5.41) is 44.0. The number of alkyl halides is 3. The lowest BCUT2D eigenvalue weighted by Gasteiger charge is -2.50. The van der Waals surface area contributed by atoms with Crippen LogP contribution in [-0.4, -0.2) is 81.3 Å². The number of carbonyl (C=O) groups excluding carboxylic acids is 3. The molecule has 0 heterocycles. The second-order valence-electron chi connectivity index (χ2n) is 9.79. The molecule has 0 aromatic heterocycles. The van der Waals surface area contributed by atoms with Crippen molar-refractivity contribution in [3.63, 3.8) is 0 Å². The van der Waals surface area contributed by atoms with Crippen molar-refractivity contribution in [2.45, 2.75) is 37.2 Å². The Morgan fingerprint density at radius 3 is 2.47 bits per heavy atom. The van der Waals surface area contributed by atoms with Gasteiger partial charge in [0, 0.05) is 18.0 Å². The van der Waals surface area contributed by atoms with Crippen molar-refractivity contribution in [3.05, 3.63) is 51.5 Å². The van der Waals surface area contributed by atoms with E-state index in [1.165, 1.54) is 25.1 Å². The van der Waals surface area contributed by atoms with Crippen LogP contribution in [0.4, 0.5) is 13.2 Å². The van der Waals surface area contributed by atoms with Crippen LogP contribution in [0.15, 0.2) is 34.8 Å². The normalized spacial score (nSPS) is 27.4. The van der Waals surface area contributed by atoms with Crippen LogP contribution in [-0.2, 0) is 27.4 Å². The number of carbonyl (C=O) groups is 3. The number of aliphatic hydroxyl groups excluding tert-OH is 2. The van der Waals surface area contributed by atoms with Gasteiger partial charge in [-0.2, -0.15) is 18.7 Å². The number of amides is 1.